The van der Waals surface area contributed by atoms with Crippen molar-refractivity contribution in [3.8, 4) is 0 Å². The Labute approximate surface area is 132 Å². The summed E-state index contributed by atoms with van der Waals surface area (Å²) >= 11 is 0. The lowest BCUT2D eigenvalue weighted by atomic mass is 10.2. The van der Waals surface area contributed by atoms with Crippen molar-refractivity contribution in [3.05, 3.63) is 63.9 Å². The van der Waals surface area contributed by atoms with Gasteiger partial charge in [0.25, 0.3) is 0 Å². The highest BCUT2D eigenvalue weighted by Crippen LogP contribution is 2.23. The van der Waals surface area contributed by atoms with E-state index in [0.29, 0.717) is 24.2 Å². The number of carbonyl (C=O) groups is 1. The van der Waals surface area contributed by atoms with Crippen LogP contribution in [0, 0.1) is 6.92 Å². The van der Waals surface area contributed by atoms with Crippen molar-refractivity contribution in [1.82, 2.24) is 14.5 Å². The molecule has 0 atom stereocenters. The van der Waals surface area contributed by atoms with Gasteiger partial charge < -0.3 is 9.32 Å². The zero-order chi connectivity index (χ0) is 16.0. The number of para-hydroxylation sites is 2. The molecule has 1 aromatic carbocycles. The van der Waals surface area contributed by atoms with Crippen LogP contribution < -0.4 is 5.76 Å². The van der Waals surface area contributed by atoms with Crippen molar-refractivity contribution in [2.45, 2.75) is 26.6 Å². The molecule has 0 bridgehead atoms. The number of aromatic nitrogens is 2. The summed E-state index contributed by atoms with van der Waals surface area (Å²) in [5, 5.41) is 0. The number of fused-ring (bicyclic) bond motifs is 2. The molecule has 0 unspecified atom stereocenters. The molecule has 3 heterocycles. The van der Waals surface area contributed by atoms with Crippen LogP contribution in [0.4, 0.5) is 0 Å². The maximum atomic E-state index is 12.6. The Balaban J connectivity index is 1.59. The summed E-state index contributed by atoms with van der Waals surface area (Å²) in [6, 6.07) is 9.11. The lowest BCUT2D eigenvalue weighted by Crippen LogP contribution is -2.31. The van der Waals surface area contributed by atoms with Gasteiger partial charge >= 0.3 is 5.76 Å². The lowest BCUT2D eigenvalue weighted by molar-refractivity contribution is -0.132. The van der Waals surface area contributed by atoms with Gasteiger partial charge in [-0.05, 0) is 36.2 Å². The van der Waals surface area contributed by atoms with Gasteiger partial charge in [0.15, 0.2) is 5.58 Å². The molecule has 3 aromatic rings. The third kappa shape index (κ3) is 2.32. The fourth-order valence-electron chi connectivity index (χ4n) is 2.98. The molecule has 0 saturated heterocycles. The Morgan fingerprint density at radius 3 is 2.91 bits per heavy atom. The average molecular weight is 309 g/mol. The second-order valence-electron chi connectivity index (χ2n) is 5.77. The highest BCUT2D eigenvalue weighted by atomic mass is 16.4. The molecule has 1 aliphatic rings. The third-order valence-corrected chi connectivity index (χ3v) is 4.16. The zero-order valence-corrected chi connectivity index (χ0v) is 12.7. The molecule has 0 spiro atoms. The van der Waals surface area contributed by atoms with Crippen LogP contribution in [-0.4, -0.2) is 20.4 Å². The van der Waals surface area contributed by atoms with Gasteiger partial charge in [-0.15, -0.1) is 0 Å². The first-order valence-electron chi connectivity index (χ1n) is 7.42. The summed E-state index contributed by atoms with van der Waals surface area (Å²) in [6.07, 6.45) is 1.82. The van der Waals surface area contributed by atoms with Gasteiger partial charge in [-0.25, -0.2) is 4.79 Å². The predicted molar refractivity (Wildman–Crippen MR) is 83.7 cm³/mol. The van der Waals surface area contributed by atoms with Crippen molar-refractivity contribution in [2.24, 2.45) is 0 Å². The van der Waals surface area contributed by atoms with Gasteiger partial charge in [0.2, 0.25) is 5.91 Å². The zero-order valence-electron chi connectivity index (χ0n) is 12.7. The van der Waals surface area contributed by atoms with Crippen LogP contribution >= 0.6 is 0 Å². The van der Waals surface area contributed by atoms with E-state index >= 15 is 0 Å². The van der Waals surface area contributed by atoms with Gasteiger partial charge in [0.1, 0.15) is 6.54 Å². The van der Waals surface area contributed by atoms with Crippen LogP contribution in [0.25, 0.3) is 11.1 Å². The first-order valence-corrected chi connectivity index (χ1v) is 7.42. The van der Waals surface area contributed by atoms with Crippen molar-refractivity contribution >= 4 is 17.0 Å². The number of amides is 1. The molecule has 0 aliphatic carbocycles. The van der Waals surface area contributed by atoms with Gasteiger partial charge in [-0.1, -0.05) is 12.1 Å². The molecule has 0 N–H and O–H groups in total. The minimum absolute atomic E-state index is 0.0176. The first-order chi connectivity index (χ1) is 11.1. The Bertz CT molecular complexity index is 971. The SMILES string of the molecule is Cc1cc2c(cn1)CN(C(=O)Cn1c(=O)oc3ccccc31)C2. The third-order valence-electron chi connectivity index (χ3n) is 4.16. The first kappa shape index (κ1) is 13.8. The molecule has 6 nitrogen and oxygen atoms in total. The smallest absolute Gasteiger partial charge is 0.408 e. The maximum Gasteiger partial charge on any atom is 0.420 e. The van der Waals surface area contributed by atoms with Crippen molar-refractivity contribution in [2.75, 3.05) is 0 Å². The molecule has 116 valence electrons. The van der Waals surface area contributed by atoms with E-state index in [1.165, 1.54) is 4.57 Å². The summed E-state index contributed by atoms with van der Waals surface area (Å²) < 4.78 is 6.55. The highest BCUT2D eigenvalue weighted by molar-refractivity contribution is 5.80. The quantitative estimate of drug-likeness (QED) is 0.724. The van der Waals surface area contributed by atoms with E-state index in [1.807, 2.05) is 25.3 Å². The largest absolute Gasteiger partial charge is 0.420 e. The summed E-state index contributed by atoms with van der Waals surface area (Å²) in [6.45, 7) is 3.01. The fourth-order valence-corrected chi connectivity index (χ4v) is 2.98. The number of oxazole rings is 1. The molecular weight excluding hydrogens is 294 g/mol. The molecule has 1 amide bonds. The maximum absolute atomic E-state index is 12.6. The molecule has 4 rings (SSSR count). The Hall–Kier alpha value is -2.89. The summed E-state index contributed by atoms with van der Waals surface area (Å²) in [5.74, 6) is -0.610. The second kappa shape index (κ2) is 5.08. The lowest BCUT2D eigenvalue weighted by Gasteiger charge is -2.15. The van der Waals surface area contributed by atoms with Crippen LogP contribution in [0.1, 0.15) is 16.8 Å². The number of hydrogen-bond donors (Lipinski definition) is 0. The Morgan fingerprint density at radius 2 is 2.04 bits per heavy atom. The molecule has 0 radical (unpaired) electrons. The van der Waals surface area contributed by atoms with E-state index in [2.05, 4.69) is 4.98 Å². The number of benzene rings is 1. The number of hydrogen-bond acceptors (Lipinski definition) is 4. The molecule has 2 aromatic heterocycles. The number of carbonyl (C=O) groups excluding carboxylic acids is 1. The fraction of sp³-hybridized carbons (Fsp3) is 0.235. The van der Waals surface area contributed by atoms with E-state index in [0.717, 1.165) is 16.8 Å². The second-order valence-corrected chi connectivity index (χ2v) is 5.77. The van der Waals surface area contributed by atoms with Crippen molar-refractivity contribution in [3.63, 3.8) is 0 Å². The van der Waals surface area contributed by atoms with Gasteiger partial charge in [-0.2, -0.15) is 0 Å². The highest BCUT2D eigenvalue weighted by Gasteiger charge is 2.25. The Morgan fingerprint density at radius 1 is 1.26 bits per heavy atom. The summed E-state index contributed by atoms with van der Waals surface area (Å²) in [5.41, 5.74) is 4.26. The number of nitrogens with zero attached hydrogens (tertiary/aromatic N) is 3. The van der Waals surface area contributed by atoms with Gasteiger partial charge in [0.05, 0.1) is 5.52 Å². The monoisotopic (exact) mass is 309 g/mol. The van der Waals surface area contributed by atoms with Crippen LogP contribution in [0.5, 0.6) is 0 Å². The van der Waals surface area contributed by atoms with E-state index in [9.17, 15) is 9.59 Å². The van der Waals surface area contributed by atoms with Gasteiger partial charge in [0, 0.05) is 25.0 Å². The molecule has 1 aliphatic heterocycles. The van der Waals surface area contributed by atoms with Crippen molar-refractivity contribution in [1.29, 1.82) is 0 Å². The van der Waals surface area contributed by atoms with Crippen LogP contribution in [0.15, 0.2) is 45.7 Å². The number of aryl methyl sites for hydroxylation is 1. The number of rotatable bonds is 2. The standard InChI is InChI=1S/C17H15N3O3/c1-11-6-12-8-19(9-13(12)7-18-11)16(21)10-20-14-4-2-3-5-15(14)23-17(20)22/h2-7H,8-10H2,1H3. The van der Waals surface area contributed by atoms with E-state index < -0.39 is 5.76 Å². The van der Waals surface area contributed by atoms with Crippen LogP contribution in [0.3, 0.4) is 0 Å². The van der Waals surface area contributed by atoms with Crippen LogP contribution in [-0.2, 0) is 24.4 Å². The molecule has 23 heavy (non-hydrogen) atoms. The predicted octanol–water partition coefficient (Wildman–Crippen LogP) is 1.84. The minimum Gasteiger partial charge on any atom is -0.408 e. The topological polar surface area (TPSA) is 68.3 Å². The molecular formula is C17H15N3O3. The van der Waals surface area contributed by atoms with E-state index in [4.69, 9.17) is 4.42 Å². The van der Waals surface area contributed by atoms with Crippen LogP contribution in [0.2, 0.25) is 0 Å². The van der Waals surface area contributed by atoms with Gasteiger partial charge in [-0.3, -0.25) is 14.3 Å². The molecule has 0 saturated carbocycles. The average Bonchev–Trinajstić information content (AvgIpc) is 3.08. The Kier molecular flexibility index (Phi) is 3.04. The van der Waals surface area contributed by atoms with Crippen molar-refractivity contribution < 1.29 is 9.21 Å². The number of pyridine rings is 1. The minimum atomic E-state index is -0.506. The van der Waals surface area contributed by atoms with E-state index in [1.54, 1.807) is 23.1 Å². The summed E-state index contributed by atoms with van der Waals surface area (Å²) in [4.78, 5) is 30.5. The van der Waals surface area contributed by atoms with E-state index in [-0.39, 0.29) is 12.5 Å². The normalized spacial score (nSPS) is 13.5. The molecule has 0 fully saturated rings. The molecule has 6 heteroatoms. The summed E-state index contributed by atoms with van der Waals surface area (Å²) in [7, 11) is 0.